The van der Waals surface area contributed by atoms with E-state index in [1.165, 1.54) is 0 Å². The first-order valence-corrected chi connectivity index (χ1v) is 5.17. The van der Waals surface area contributed by atoms with Crippen LogP contribution in [0, 0.1) is 0 Å². The zero-order chi connectivity index (χ0) is 12.2. The number of hydrogen-bond donors (Lipinski definition) is 0. The highest BCUT2D eigenvalue weighted by molar-refractivity contribution is 6.16. The van der Waals surface area contributed by atoms with Crippen LogP contribution in [-0.2, 0) is 23.3 Å². The maximum absolute atomic E-state index is 12.6. The first-order valence-electron chi connectivity index (χ1n) is 4.64. The molecular weight excluding hydrogens is 247 g/mol. The molecule has 4 nitrogen and oxygen atoms in total. The van der Waals surface area contributed by atoms with Gasteiger partial charge < -0.3 is 4.74 Å². The monoisotopic (exact) mass is 257 g/mol. The highest BCUT2D eigenvalue weighted by atomic mass is 35.5. The average Bonchev–Trinajstić information content (AvgIpc) is 2.61. The van der Waals surface area contributed by atoms with Crippen molar-refractivity contribution in [3.05, 3.63) is 11.4 Å². The Morgan fingerprint density at radius 1 is 1.44 bits per heavy atom. The van der Waals surface area contributed by atoms with Crippen LogP contribution >= 0.6 is 11.6 Å². The second-order valence-corrected chi connectivity index (χ2v) is 3.20. The van der Waals surface area contributed by atoms with Crippen LogP contribution in [0.2, 0.25) is 0 Å². The summed E-state index contributed by atoms with van der Waals surface area (Å²) in [5.41, 5.74) is -1.16. The van der Waals surface area contributed by atoms with Crippen molar-refractivity contribution >= 4 is 11.6 Å². The molecule has 0 aliphatic carbocycles. The van der Waals surface area contributed by atoms with E-state index in [9.17, 15) is 13.2 Å². The van der Waals surface area contributed by atoms with E-state index >= 15 is 0 Å². The Bertz CT molecular complexity index is 340. The molecule has 1 aromatic heterocycles. The summed E-state index contributed by atoms with van der Waals surface area (Å²) in [5, 5.41) is 6.79. The summed E-state index contributed by atoms with van der Waals surface area (Å²) < 4.78 is 43.6. The summed E-state index contributed by atoms with van der Waals surface area (Å²) in [6.45, 7) is 2.37. The number of hydrogen-bond acceptors (Lipinski definition) is 3. The van der Waals surface area contributed by atoms with Gasteiger partial charge in [-0.15, -0.1) is 16.7 Å². The van der Waals surface area contributed by atoms with Gasteiger partial charge in [0, 0.05) is 6.61 Å². The van der Waals surface area contributed by atoms with E-state index in [0.29, 0.717) is 6.61 Å². The van der Waals surface area contributed by atoms with Gasteiger partial charge in [-0.2, -0.15) is 13.2 Å². The van der Waals surface area contributed by atoms with Crippen molar-refractivity contribution < 1.29 is 17.9 Å². The molecule has 0 saturated heterocycles. The van der Waals surface area contributed by atoms with Crippen molar-refractivity contribution in [2.75, 3.05) is 13.2 Å². The molecule has 0 radical (unpaired) electrons. The Kier molecular flexibility index (Phi) is 4.55. The van der Waals surface area contributed by atoms with E-state index in [-0.39, 0.29) is 24.7 Å². The maximum atomic E-state index is 12.6. The zero-order valence-corrected chi connectivity index (χ0v) is 9.35. The highest BCUT2D eigenvalue weighted by Gasteiger charge is 2.38. The van der Waals surface area contributed by atoms with Crippen molar-refractivity contribution in [2.45, 2.75) is 25.5 Å². The normalized spacial score (nSPS) is 12.1. The molecule has 1 heterocycles. The minimum Gasteiger partial charge on any atom is -0.380 e. The Morgan fingerprint density at radius 2 is 2.12 bits per heavy atom. The van der Waals surface area contributed by atoms with Gasteiger partial charge in [-0.3, -0.25) is 0 Å². The van der Waals surface area contributed by atoms with E-state index in [0.717, 1.165) is 4.68 Å². The molecule has 16 heavy (non-hydrogen) atoms. The molecule has 0 N–H and O–H groups in total. The largest absolute Gasteiger partial charge is 0.434 e. The van der Waals surface area contributed by atoms with Gasteiger partial charge in [-0.1, -0.05) is 5.21 Å². The third kappa shape index (κ3) is 3.08. The zero-order valence-electron chi connectivity index (χ0n) is 8.59. The van der Waals surface area contributed by atoms with Gasteiger partial charge in [-0.05, 0) is 6.92 Å². The highest BCUT2D eigenvalue weighted by Crippen LogP contribution is 2.31. The lowest BCUT2D eigenvalue weighted by Crippen LogP contribution is -2.18. The van der Waals surface area contributed by atoms with Crippen molar-refractivity contribution in [1.29, 1.82) is 0 Å². The van der Waals surface area contributed by atoms with Gasteiger partial charge in [-0.25, -0.2) is 4.68 Å². The van der Waals surface area contributed by atoms with E-state index in [1.54, 1.807) is 6.92 Å². The summed E-state index contributed by atoms with van der Waals surface area (Å²) in [6, 6.07) is 0. The lowest BCUT2D eigenvalue weighted by atomic mass is 10.3. The summed E-state index contributed by atoms with van der Waals surface area (Å²) in [4.78, 5) is 0. The lowest BCUT2D eigenvalue weighted by molar-refractivity contribution is -0.145. The fraction of sp³-hybridized carbons (Fsp3) is 0.750. The summed E-state index contributed by atoms with van der Waals surface area (Å²) in [5.74, 6) is -0.316. The molecule has 92 valence electrons. The Morgan fingerprint density at radius 3 is 2.62 bits per heavy atom. The standard InChI is InChI=1S/C8H11ClF3N3O/c1-2-16-4-3-15-7(8(10,11)12)6(5-9)13-14-15/h2-5H2,1H3. The molecule has 8 heteroatoms. The Balaban J connectivity index is 2.88. The van der Waals surface area contributed by atoms with E-state index in [2.05, 4.69) is 10.3 Å². The van der Waals surface area contributed by atoms with Gasteiger partial charge in [0.2, 0.25) is 0 Å². The molecule has 1 aromatic rings. The Hall–Kier alpha value is -0.820. The predicted molar refractivity (Wildman–Crippen MR) is 51.1 cm³/mol. The van der Waals surface area contributed by atoms with Crippen molar-refractivity contribution in [3.63, 3.8) is 0 Å². The predicted octanol–water partition coefficient (Wildman–Crippen LogP) is 2.07. The number of ether oxygens (including phenoxy) is 1. The van der Waals surface area contributed by atoms with Crippen LogP contribution in [0.15, 0.2) is 0 Å². The van der Waals surface area contributed by atoms with Crippen LogP contribution in [0.1, 0.15) is 18.3 Å². The third-order valence-corrected chi connectivity index (χ3v) is 2.10. The minimum absolute atomic E-state index is 0.00652. The van der Waals surface area contributed by atoms with E-state index in [1.807, 2.05) is 0 Å². The van der Waals surface area contributed by atoms with Gasteiger partial charge >= 0.3 is 6.18 Å². The summed E-state index contributed by atoms with van der Waals surface area (Å²) in [7, 11) is 0. The topological polar surface area (TPSA) is 39.9 Å². The van der Waals surface area contributed by atoms with Gasteiger partial charge in [0.05, 0.1) is 19.0 Å². The lowest BCUT2D eigenvalue weighted by Gasteiger charge is -2.10. The average molecular weight is 258 g/mol. The van der Waals surface area contributed by atoms with E-state index in [4.69, 9.17) is 16.3 Å². The molecule has 0 saturated carbocycles. The molecule has 0 unspecified atom stereocenters. The summed E-state index contributed by atoms with van der Waals surface area (Å²) >= 11 is 5.37. The third-order valence-electron chi connectivity index (χ3n) is 1.85. The second kappa shape index (κ2) is 5.49. The molecule has 0 atom stereocenters. The molecule has 0 amide bonds. The molecule has 0 aromatic carbocycles. The number of aromatic nitrogens is 3. The number of nitrogens with zero attached hydrogens (tertiary/aromatic N) is 3. The Labute approximate surface area is 95.3 Å². The molecule has 0 aliphatic heterocycles. The molecule has 0 fully saturated rings. The fourth-order valence-corrected chi connectivity index (χ4v) is 1.38. The van der Waals surface area contributed by atoms with Crippen LogP contribution in [0.3, 0.4) is 0 Å². The smallest absolute Gasteiger partial charge is 0.380 e. The van der Waals surface area contributed by atoms with Crippen molar-refractivity contribution in [3.8, 4) is 0 Å². The van der Waals surface area contributed by atoms with Crippen LogP contribution in [0.5, 0.6) is 0 Å². The van der Waals surface area contributed by atoms with Gasteiger partial charge in [0.1, 0.15) is 5.69 Å². The minimum atomic E-state index is -4.50. The first-order chi connectivity index (χ1) is 7.50. The van der Waals surface area contributed by atoms with Crippen LogP contribution in [0.25, 0.3) is 0 Å². The molecule has 0 aliphatic rings. The van der Waals surface area contributed by atoms with E-state index < -0.39 is 11.9 Å². The second-order valence-electron chi connectivity index (χ2n) is 2.94. The van der Waals surface area contributed by atoms with Crippen LogP contribution in [-0.4, -0.2) is 28.2 Å². The van der Waals surface area contributed by atoms with Crippen molar-refractivity contribution in [2.24, 2.45) is 0 Å². The number of rotatable bonds is 5. The molecular formula is C8H11ClF3N3O. The molecule has 1 rings (SSSR count). The number of halogens is 4. The van der Waals surface area contributed by atoms with Crippen LogP contribution in [0.4, 0.5) is 13.2 Å². The maximum Gasteiger partial charge on any atom is 0.434 e. The summed E-state index contributed by atoms with van der Waals surface area (Å²) in [6.07, 6.45) is -4.50. The SMILES string of the molecule is CCOCCn1nnc(CCl)c1C(F)(F)F. The first kappa shape index (κ1) is 13.2. The fourth-order valence-electron chi connectivity index (χ4n) is 1.20. The van der Waals surface area contributed by atoms with Crippen LogP contribution < -0.4 is 0 Å². The van der Waals surface area contributed by atoms with Crippen molar-refractivity contribution in [1.82, 2.24) is 15.0 Å². The molecule has 0 bridgehead atoms. The van der Waals surface area contributed by atoms with Gasteiger partial charge in [0.25, 0.3) is 0 Å². The van der Waals surface area contributed by atoms with Gasteiger partial charge in [0.15, 0.2) is 5.69 Å². The molecule has 0 spiro atoms. The quantitative estimate of drug-likeness (QED) is 0.599. The number of alkyl halides is 4.